The van der Waals surface area contributed by atoms with E-state index in [0.717, 1.165) is 25.5 Å². The fourth-order valence-electron chi connectivity index (χ4n) is 1.50. The zero-order valence-electron chi connectivity index (χ0n) is 9.80. The molecule has 0 saturated heterocycles. The monoisotopic (exact) mass is 225 g/mol. The minimum absolute atomic E-state index is 0.240. The quantitative estimate of drug-likeness (QED) is 0.315. The van der Waals surface area contributed by atoms with E-state index in [1.54, 1.807) is 6.20 Å². The lowest BCUT2D eigenvalue weighted by Gasteiger charge is -2.19. The van der Waals surface area contributed by atoms with Crippen LogP contribution in [0.15, 0.2) is 17.5 Å². The molecule has 0 aliphatic rings. The number of imidazole rings is 1. The third-order valence-electron chi connectivity index (χ3n) is 2.54. The van der Waals surface area contributed by atoms with Crippen LogP contribution in [0, 0.1) is 6.92 Å². The topological polar surface area (TPSA) is 79.7 Å². The van der Waals surface area contributed by atoms with Crippen molar-refractivity contribution in [1.29, 1.82) is 0 Å². The molecule has 0 aromatic carbocycles. The van der Waals surface area contributed by atoms with Crippen LogP contribution in [0.2, 0.25) is 0 Å². The summed E-state index contributed by atoms with van der Waals surface area (Å²) < 4.78 is 2.08. The second-order valence-electron chi connectivity index (χ2n) is 3.63. The largest absolute Gasteiger partial charge is 0.409 e. The van der Waals surface area contributed by atoms with Crippen LogP contribution in [0.5, 0.6) is 0 Å². The normalized spacial score (nSPS) is 12.3. The summed E-state index contributed by atoms with van der Waals surface area (Å²) in [5.74, 6) is 1.24. The first-order chi connectivity index (χ1) is 7.67. The predicted octanol–water partition coefficient (Wildman–Crippen LogP) is 0.260. The molecule has 0 atom stereocenters. The van der Waals surface area contributed by atoms with Crippen LogP contribution >= 0.6 is 0 Å². The number of aromatic nitrogens is 2. The summed E-state index contributed by atoms with van der Waals surface area (Å²) in [6.07, 6.45) is 3.74. The first kappa shape index (κ1) is 12.5. The molecule has 0 unspecified atom stereocenters. The summed E-state index contributed by atoms with van der Waals surface area (Å²) in [6.45, 7) is 7.08. The lowest BCUT2D eigenvalue weighted by Crippen LogP contribution is -2.36. The van der Waals surface area contributed by atoms with Crippen molar-refractivity contribution in [3.8, 4) is 0 Å². The number of hydrogen-bond donors (Lipinski definition) is 2. The minimum atomic E-state index is 0.240. The molecule has 0 saturated carbocycles. The van der Waals surface area contributed by atoms with Crippen LogP contribution < -0.4 is 5.73 Å². The molecule has 6 nitrogen and oxygen atoms in total. The van der Waals surface area contributed by atoms with Crippen molar-refractivity contribution in [3.05, 3.63) is 18.2 Å². The maximum Gasteiger partial charge on any atom is 0.153 e. The van der Waals surface area contributed by atoms with Gasteiger partial charge in [-0.15, -0.1) is 0 Å². The molecule has 0 aliphatic heterocycles. The molecule has 90 valence electrons. The highest BCUT2D eigenvalue weighted by atomic mass is 16.4. The van der Waals surface area contributed by atoms with Crippen LogP contribution in [-0.4, -0.2) is 45.1 Å². The summed E-state index contributed by atoms with van der Waals surface area (Å²) in [6, 6.07) is 0. The Morgan fingerprint density at radius 1 is 1.69 bits per heavy atom. The lowest BCUT2D eigenvalue weighted by atomic mass is 10.4. The van der Waals surface area contributed by atoms with Crippen LogP contribution in [0.1, 0.15) is 12.7 Å². The first-order valence-electron chi connectivity index (χ1n) is 5.33. The molecule has 6 heteroatoms. The fraction of sp³-hybridized carbons (Fsp3) is 0.600. The van der Waals surface area contributed by atoms with E-state index >= 15 is 0 Å². The highest BCUT2D eigenvalue weighted by Crippen LogP contribution is 1.97. The third-order valence-corrected chi connectivity index (χ3v) is 2.54. The van der Waals surface area contributed by atoms with Crippen LogP contribution in [-0.2, 0) is 6.54 Å². The number of rotatable bonds is 6. The van der Waals surface area contributed by atoms with Gasteiger partial charge in [0.25, 0.3) is 0 Å². The minimum Gasteiger partial charge on any atom is -0.409 e. The average molecular weight is 225 g/mol. The highest BCUT2D eigenvalue weighted by molar-refractivity contribution is 5.81. The molecular formula is C10H19N5O. The van der Waals surface area contributed by atoms with E-state index in [9.17, 15) is 0 Å². The highest BCUT2D eigenvalue weighted by Gasteiger charge is 2.05. The van der Waals surface area contributed by atoms with E-state index in [1.165, 1.54) is 0 Å². The molecule has 0 aliphatic carbocycles. The van der Waals surface area contributed by atoms with Crippen molar-refractivity contribution in [1.82, 2.24) is 14.5 Å². The number of nitrogens with two attached hydrogens (primary N) is 1. The Balaban J connectivity index is 2.43. The molecule has 1 rings (SSSR count). The van der Waals surface area contributed by atoms with Gasteiger partial charge in [0.2, 0.25) is 0 Å². The summed E-state index contributed by atoms with van der Waals surface area (Å²) in [5, 5.41) is 11.5. The molecule has 16 heavy (non-hydrogen) atoms. The number of hydrogen-bond acceptors (Lipinski definition) is 4. The molecule has 1 aromatic rings. The van der Waals surface area contributed by atoms with Gasteiger partial charge in [0.1, 0.15) is 5.82 Å². The van der Waals surface area contributed by atoms with Gasteiger partial charge in [0, 0.05) is 25.5 Å². The van der Waals surface area contributed by atoms with E-state index in [0.29, 0.717) is 6.54 Å². The molecule has 0 radical (unpaired) electrons. The average Bonchev–Trinajstić information content (AvgIpc) is 2.69. The lowest BCUT2D eigenvalue weighted by molar-refractivity contribution is 0.291. The van der Waals surface area contributed by atoms with Gasteiger partial charge in [-0.25, -0.2) is 4.98 Å². The number of aryl methyl sites for hydroxylation is 1. The summed E-state index contributed by atoms with van der Waals surface area (Å²) >= 11 is 0. The molecule has 1 aromatic heterocycles. The van der Waals surface area contributed by atoms with E-state index in [1.807, 2.05) is 20.0 Å². The van der Waals surface area contributed by atoms with Crippen LogP contribution in [0.25, 0.3) is 0 Å². The smallest absolute Gasteiger partial charge is 0.153 e. The Labute approximate surface area is 95.4 Å². The Hall–Kier alpha value is -1.56. The number of likely N-dealkylation sites (N-methyl/N-ethyl adjacent to an activating group) is 1. The van der Waals surface area contributed by atoms with E-state index in [-0.39, 0.29) is 5.84 Å². The van der Waals surface area contributed by atoms with E-state index < -0.39 is 0 Å². The van der Waals surface area contributed by atoms with Crippen molar-refractivity contribution >= 4 is 5.84 Å². The predicted molar refractivity (Wildman–Crippen MR) is 62.5 cm³/mol. The van der Waals surface area contributed by atoms with Crippen LogP contribution in [0.4, 0.5) is 0 Å². The molecular weight excluding hydrogens is 206 g/mol. The fourth-order valence-corrected chi connectivity index (χ4v) is 1.50. The molecule has 0 amide bonds. The van der Waals surface area contributed by atoms with Gasteiger partial charge in [0.15, 0.2) is 5.84 Å². The van der Waals surface area contributed by atoms with Gasteiger partial charge in [-0.1, -0.05) is 12.1 Å². The van der Waals surface area contributed by atoms with Gasteiger partial charge in [0.05, 0.1) is 6.54 Å². The number of nitrogens with zero attached hydrogens (tertiary/aromatic N) is 4. The zero-order chi connectivity index (χ0) is 12.0. The third kappa shape index (κ3) is 3.54. The molecule has 1 heterocycles. The van der Waals surface area contributed by atoms with Crippen molar-refractivity contribution < 1.29 is 5.21 Å². The second-order valence-corrected chi connectivity index (χ2v) is 3.63. The molecule has 0 bridgehead atoms. The van der Waals surface area contributed by atoms with Gasteiger partial charge in [-0.2, -0.15) is 0 Å². The maximum absolute atomic E-state index is 8.50. The first-order valence-corrected chi connectivity index (χ1v) is 5.33. The van der Waals surface area contributed by atoms with Crippen LogP contribution in [0.3, 0.4) is 0 Å². The number of oxime groups is 1. The van der Waals surface area contributed by atoms with Gasteiger partial charge >= 0.3 is 0 Å². The van der Waals surface area contributed by atoms with Crippen molar-refractivity contribution in [3.63, 3.8) is 0 Å². The second kappa shape index (κ2) is 6.12. The van der Waals surface area contributed by atoms with Gasteiger partial charge < -0.3 is 15.5 Å². The Kier molecular flexibility index (Phi) is 4.78. The molecule has 0 spiro atoms. The molecule has 3 N–H and O–H groups in total. The van der Waals surface area contributed by atoms with Gasteiger partial charge in [-0.3, -0.25) is 4.90 Å². The van der Waals surface area contributed by atoms with E-state index in [4.69, 9.17) is 10.9 Å². The standard InChI is InChI=1S/C10H19N5O/c1-3-14(8-10(11)13-16)6-7-15-5-4-12-9(15)2/h4-5,16H,3,6-8H2,1-2H3,(H2,11,13). The molecule has 0 fully saturated rings. The van der Waals surface area contributed by atoms with E-state index in [2.05, 4.69) is 19.6 Å². The van der Waals surface area contributed by atoms with Crippen molar-refractivity contribution in [2.75, 3.05) is 19.6 Å². The summed E-state index contributed by atoms with van der Waals surface area (Å²) in [4.78, 5) is 6.26. The SMILES string of the molecule is CCN(CCn1ccnc1C)CC(N)=NO. The van der Waals surface area contributed by atoms with Crippen molar-refractivity contribution in [2.45, 2.75) is 20.4 Å². The van der Waals surface area contributed by atoms with Crippen molar-refractivity contribution in [2.24, 2.45) is 10.9 Å². The zero-order valence-corrected chi connectivity index (χ0v) is 9.80. The Bertz CT molecular complexity index is 347. The maximum atomic E-state index is 8.50. The summed E-state index contributed by atoms with van der Waals surface area (Å²) in [5.41, 5.74) is 5.47. The Morgan fingerprint density at radius 3 is 2.94 bits per heavy atom. The summed E-state index contributed by atoms with van der Waals surface area (Å²) in [7, 11) is 0. The van der Waals surface area contributed by atoms with Gasteiger partial charge in [-0.05, 0) is 13.5 Å². The Morgan fingerprint density at radius 2 is 2.44 bits per heavy atom. The number of amidine groups is 1.